The molecule has 1 saturated heterocycles. The van der Waals surface area contributed by atoms with E-state index in [1.54, 1.807) is 0 Å². The molecule has 1 aromatic carbocycles. The van der Waals surface area contributed by atoms with Gasteiger partial charge < -0.3 is 4.84 Å². The highest BCUT2D eigenvalue weighted by molar-refractivity contribution is 5.69. The van der Waals surface area contributed by atoms with E-state index in [1.807, 2.05) is 5.06 Å². The van der Waals surface area contributed by atoms with Crippen molar-refractivity contribution in [3.05, 3.63) is 35.9 Å². The van der Waals surface area contributed by atoms with Crippen molar-refractivity contribution in [1.29, 1.82) is 0 Å². The molecule has 1 aliphatic heterocycles. The summed E-state index contributed by atoms with van der Waals surface area (Å²) in [4.78, 5) is 18.7. The summed E-state index contributed by atoms with van der Waals surface area (Å²) >= 11 is 0. The maximum atomic E-state index is 12.8. The van der Waals surface area contributed by atoms with Gasteiger partial charge in [0.2, 0.25) is 0 Å². The quantitative estimate of drug-likeness (QED) is 0.727. The normalized spacial score (nSPS) is 28.6. The van der Waals surface area contributed by atoms with E-state index in [0.29, 0.717) is 18.3 Å². The van der Waals surface area contributed by atoms with Crippen LogP contribution in [0, 0.1) is 5.92 Å². The van der Waals surface area contributed by atoms with Gasteiger partial charge in [-0.05, 0) is 77.2 Å². The number of hydrogen-bond donors (Lipinski definition) is 0. The molecule has 3 rings (SSSR count). The molecule has 3 heteroatoms. The van der Waals surface area contributed by atoms with E-state index in [1.165, 1.54) is 24.8 Å². The van der Waals surface area contributed by atoms with Gasteiger partial charge in [0.1, 0.15) is 0 Å². The highest BCUT2D eigenvalue weighted by Gasteiger charge is 2.44. The average Bonchev–Trinajstić information content (AvgIpc) is 2.99. The van der Waals surface area contributed by atoms with Crippen LogP contribution in [0.4, 0.5) is 0 Å². The summed E-state index contributed by atoms with van der Waals surface area (Å²) in [6, 6.07) is 10.7. The minimum absolute atomic E-state index is 0.0594. The largest absolute Gasteiger partial charge is 0.367 e. The smallest absolute Gasteiger partial charge is 0.325 e. The van der Waals surface area contributed by atoms with Gasteiger partial charge in [-0.25, -0.2) is 0 Å². The van der Waals surface area contributed by atoms with Crippen molar-refractivity contribution in [1.82, 2.24) is 5.06 Å². The van der Waals surface area contributed by atoms with E-state index in [-0.39, 0.29) is 17.0 Å². The molecule has 0 spiro atoms. The molecule has 1 aromatic rings. The fourth-order valence-corrected chi connectivity index (χ4v) is 5.00. The minimum Gasteiger partial charge on any atom is -0.367 e. The molecule has 2 fully saturated rings. The second-order valence-corrected chi connectivity index (χ2v) is 9.15. The highest BCUT2D eigenvalue weighted by Crippen LogP contribution is 2.43. The number of hydrogen-bond acceptors (Lipinski definition) is 3. The minimum atomic E-state index is -0.0914. The fraction of sp³-hybridized carbons (Fsp3) is 0.682. The van der Waals surface area contributed by atoms with Crippen LogP contribution < -0.4 is 0 Å². The van der Waals surface area contributed by atoms with Gasteiger partial charge in [0.15, 0.2) is 0 Å². The van der Waals surface area contributed by atoms with E-state index < -0.39 is 0 Å². The Morgan fingerprint density at radius 2 is 1.68 bits per heavy atom. The Balaban J connectivity index is 1.65. The van der Waals surface area contributed by atoms with Gasteiger partial charge in [-0.3, -0.25) is 4.79 Å². The van der Waals surface area contributed by atoms with Crippen LogP contribution in [0.3, 0.4) is 0 Å². The molecule has 1 heterocycles. The summed E-state index contributed by atoms with van der Waals surface area (Å²) in [7, 11) is 0. The van der Waals surface area contributed by atoms with Crippen molar-refractivity contribution in [2.75, 3.05) is 0 Å². The predicted octanol–water partition coefficient (Wildman–Crippen LogP) is 5.46. The van der Waals surface area contributed by atoms with Crippen LogP contribution >= 0.6 is 0 Å². The zero-order chi connectivity index (χ0) is 18.1. The van der Waals surface area contributed by atoms with E-state index in [0.717, 1.165) is 19.3 Å². The molecule has 0 radical (unpaired) electrons. The van der Waals surface area contributed by atoms with Crippen molar-refractivity contribution in [3.63, 3.8) is 0 Å². The molecule has 1 aliphatic carbocycles. The molecular formula is C22H33NO2. The third-order valence-electron chi connectivity index (χ3n) is 6.19. The lowest BCUT2D eigenvalue weighted by Crippen LogP contribution is -2.58. The maximum absolute atomic E-state index is 12.8. The summed E-state index contributed by atoms with van der Waals surface area (Å²) < 4.78 is 0. The van der Waals surface area contributed by atoms with Crippen molar-refractivity contribution in [2.45, 2.75) is 89.6 Å². The van der Waals surface area contributed by atoms with Crippen LogP contribution in [0.1, 0.15) is 84.1 Å². The second kappa shape index (κ2) is 7.11. The van der Waals surface area contributed by atoms with Crippen LogP contribution in [0.15, 0.2) is 30.3 Å². The maximum Gasteiger partial charge on any atom is 0.325 e. The first kappa shape index (κ1) is 18.4. The van der Waals surface area contributed by atoms with Gasteiger partial charge in [-0.2, -0.15) is 0 Å². The first-order valence-corrected chi connectivity index (χ1v) is 9.86. The summed E-state index contributed by atoms with van der Waals surface area (Å²) in [5.74, 6) is 0.845. The Kier molecular flexibility index (Phi) is 5.24. The van der Waals surface area contributed by atoms with E-state index in [9.17, 15) is 4.79 Å². The molecule has 2 aliphatic rings. The Morgan fingerprint density at radius 1 is 1.04 bits per heavy atom. The second-order valence-electron chi connectivity index (χ2n) is 9.15. The first-order chi connectivity index (χ1) is 11.8. The lowest BCUT2D eigenvalue weighted by Gasteiger charge is -2.50. The van der Waals surface area contributed by atoms with E-state index >= 15 is 0 Å². The zero-order valence-corrected chi connectivity index (χ0v) is 16.3. The fourth-order valence-electron chi connectivity index (χ4n) is 5.00. The Labute approximate surface area is 152 Å². The third kappa shape index (κ3) is 4.08. The molecule has 0 amide bonds. The molecule has 0 unspecified atom stereocenters. The van der Waals surface area contributed by atoms with Crippen LogP contribution in [0.25, 0.3) is 0 Å². The molecule has 0 N–H and O–H groups in total. The topological polar surface area (TPSA) is 29.5 Å². The van der Waals surface area contributed by atoms with E-state index in [2.05, 4.69) is 58.0 Å². The average molecular weight is 344 g/mol. The third-order valence-corrected chi connectivity index (χ3v) is 6.19. The molecule has 138 valence electrons. The molecule has 1 saturated carbocycles. The molecule has 25 heavy (non-hydrogen) atoms. The SMILES string of the molecule is CC1(C)CCCC(C)(C)N1OC(=O)C[C@H]1CCC[C@@H]1c1ccccc1. The van der Waals surface area contributed by atoms with Crippen molar-refractivity contribution >= 4 is 5.97 Å². The number of hydroxylamine groups is 2. The van der Waals surface area contributed by atoms with E-state index in [4.69, 9.17) is 4.84 Å². The molecule has 0 aromatic heterocycles. The number of piperidine rings is 1. The van der Waals surface area contributed by atoms with Crippen molar-refractivity contribution < 1.29 is 9.63 Å². The molecule has 3 nitrogen and oxygen atoms in total. The Bertz CT molecular complexity index is 577. The Hall–Kier alpha value is -1.35. The number of benzene rings is 1. The Morgan fingerprint density at radius 3 is 2.32 bits per heavy atom. The summed E-state index contributed by atoms with van der Waals surface area (Å²) in [5.41, 5.74) is 1.19. The van der Waals surface area contributed by atoms with Crippen LogP contribution in [-0.4, -0.2) is 22.1 Å². The summed E-state index contributed by atoms with van der Waals surface area (Å²) in [5, 5.41) is 1.98. The van der Waals surface area contributed by atoms with Gasteiger partial charge in [-0.15, -0.1) is 5.06 Å². The van der Waals surface area contributed by atoms with Crippen LogP contribution in [-0.2, 0) is 9.63 Å². The van der Waals surface area contributed by atoms with Gasteiger partial charge in [0.05, 0.1) is 17.5 Å². The molecule has 2 atom stereocenters. The zero-order valence-electron chi connectivity index (χ0n) is 16.3. The number of carbonyl (C=O) groups is 1. The molecule has 0 bridgehead atoms. The number of rotatable bonds is 4. The highest BCUT2D eigenvalue weighted by atomic mass is 16.7. The first-order valence-electron chi connectivity index (χ1n) is 9.86. The van der Waals surface area contributed by atoms with Crippen LogP contribution in [0.2, 0.25) is 0 Å². The summed E-state index contributed by atoms with van der Waals surface area (Å²) in [6.07, 6.45) is 7.37. The lowest BCUT2D eigenvalue weighted by molar-refractivity contribution is -0.266. The number of carbonyl (C=O) groups excluding carboxylic acids is 1. The van der Waals surface area contributed by atoms with Gasteiger partial charge in [-0.1, -0.05) is 36.8 Å². The monoisotopic (exact) mass is 343 g/mol. The standard InChI is InChI=1S/C22H33NO2/c1-21(2)14-9-15-22(3,4)23(21)25-20(24)16-18-12-8-13-19(18)17-10-6-5-7-11-17/h5-7,10-11,18-19H,8-9,12-16H2,1-4H3/t18-,19-/m1/s1. The van der Waals surface area contributed by atoms with Gasteiger partial charge in [0.25, 0.3) is 0 Å². The predicted molar refractivity (Wildman–Crippen MR) is 101 cm³/mol. The number of nitrogens with zero attached hydrogens (tertiary/aromatic N) is 1. The lowest BCUT2D eigenvalue weighted by atomic mass is 9.82. The van der Waals surface area contributed by atoms with Crippen LogP contribution in [0.5, 0.6) is 0 Å². The summed E-state index contributed by atoms with van der Waals surface area (Å²) in [6.45, 7) is 8.74. The van der Waals surface area contributed by atoms with Crippen molar-refractivity contribution in [3.8, 4) is 0 Å². The van der Waals surface area contributed by atoms with Crippen molar-refractivity contribution in [2.24, 2.45) is 5.92 Å². The molecular weight excluding hydrogens is 310 g/mol. The van der Waals surface area contributed by atoms with Gasteiger partial charge >= 0.3 is 5.97 Å². The van der Waals surface area contributed by atoms with Gasteiger partial charge in [0, 0.05) is 0 Å².